The Morgan fingerprint density at radius 1 is 0.880 bits per heavy atom. The number of aryl methyl sites for hydroxylation is 1. The molecule has 1 N–H and O–H groups in total. The molecule has 0 fully saturated rings. The van der Waals surface area contributed by atoms with E-state index in [0.29, 0.717) is 13.4 Å². The summed E-state index contributed by atoms with van der Waals surface area (Å²) in [6.45, 7) is 2.71. The molecule has 0 saturated carbocycles. The van der Waals surface area contributed by atoms with Crippen molar-refractivity contribution in [3.05, 3.63) is 48.0 Å². The third kappa shape index (κ3) is 3.99. The first-order valence-corrected chi connectivity index (χ1v) is 8.86. The van der Waals surface area contributed by atoms with Crippen molar-refractivity contribution < 1.29 is 18.9 Å². The number of rotatable bonds is 7. The first-order valence-electron chi connectivity index (χ1n) is 8.86. The number of nitrogens with one attached hydrogen (secondary N) is 1. The number of hydrogen-bond donors (Lipinski definition) is 1. The van der Waals surface area contributed by atoms with Crippen LogP contribution in [0.4, 0.5) is 0 Å². The van der Waals surface area contributed by atoms with Crippen molar-refractivity contribution in [2.45, 2.75) is 25.4 Å². The molecule has 25 heavy (non-hydrogen) atoms. The van der Waals surface area contributed by atoms with Gasteiger partial charge in [0.15, 0.2) is 23.0 Å². The number of ether oxygens (including phenoxy) is 4. The van der Waals surface area contributed by atoms with Gasteiger partial charge in [0.1, 0.15) is 12.7 Å². The standard InChI is InChI=1S/C20H23NO4/c1-2-7-19-17(6-1)22-13-16(25-19)12-21-10-4-3-5-15-8-9-18-20(11-15)24-14-23-18/h1-2,6-9,11,16,21H,3-5,10,12-14H2/t16-/m0/s1. The molecule has 0 radical (unpaired) electrons. The Bertz CT molecular complexity index is 719. The molecule has 0 unspecified atom stereocenters. The second-order valence-electron chi connectivity index (χ2n) is 6.35. The van der Waals surface area contributed by atoms with Crippen molar-refractivity contribution in [2.24, 2.45) is 0 Å². The molecule has 0 spiro atoms. The SMILES string of the molecule is c1ccc2c(c1)OC[C@H](CNCCCCc1ccc3c(c1)OCO3)O2. The lowest BCUT2D eigenvalue weighted by molar-refractivity contribution is 0.0905. The van der Waals surface area contributed by atoms with Crippen molar-refractivity contribution in [1.29, 1.82) is 0 Å². The van der Waals surface area contributed by atoms with Crippen LogP contribution < -0.4 is 24.3 Å². The van der Waals surface area contributed by atoms with Crippen LogP contribution in [0.5, 0.6) is 23.0 Å². The number of benzene rings is 2. The van der Waals surface area contributed by atoms with Crippen molar-refractivity contribution in [3.8, 4) is 23.0 Å². The highest BCUT2D eigenvalue weighted by Crippen LogP contribution is 2.33. The molecule has 2 aromatic carbocycles. The number of fused-ring (bicyclic) bond motifs is 2. The highest BCUT2D eigenvalue weighted by molar-refractivity contribution is 5.44. The summed E-state index contributed by atoms with van der Waals surface area (Å²) in [5, 5.41) is 3.46. The van der Waals surface area contributed by atoms with E-state index in [9.17, 15) is 0 Å². The summed E-state index contributed by atoms with van der Waals surface area (Å²) >= 11 is 0. The Morgan fingerprint density at radius 2 is 1.72 bits per heavy atom. The van der Waals surface area contributed by atoms with Gasteiger partial charge in [-0.3, -0.25) is 0 Å². The average molecular weight is 341 g/mol. The molecule has 0 amide bonds. The summed E-state index contributed by atoms with van der Waals surface area (Å²) in [5.74, 6) is 3.39. The molecule has 2 aromatic rings. The minimum atomic E-state index is 0.0729. The van der Waals surface area contributed by atoms with Crippen LogP contribution in [0.2, 0.25) is 0 Å². The second kappa shape index (κ2) is 7.66. The van der Waals surface area contributed by atoms with Crippen LogP contribution in [-0.2, 0) is 6.42 Å². The van der Waals surface area contributed by atoms with E-state index in [-0.39, 0.29) is 6.10 Å². The van der Waals surface area contributed by atoms with Gasteiger partial charge >= 0.3 is 0 Å². The molecule has 2 aliphatic rings. The van der Waals surface area contributed by atoms with Gasteiger partial charge in [-0.25, -0.2) is 0 Å². The van der Waals surface area contributed by atoms with Gasteiger partial charge in [-0.05, 0) is 55.6 Å². The van der Waals surface area contributed by atoms with E-state index in [0.717, 1.165) is 55.4 Å². The molecular formula is C20H23NO4. The van der Waals surface area contributed by atoms with Crippen LogP contribution in [0, 0.1) is 0 Å². The maximum absolute atomic E-state index is 5.94. The summed E-state index contributed by atoms with van der Waals surface area (Å²) in [6, 6.07) is 14.0. The fraction of sp³-hybridized carbons (Fsp3) is 0.400. The van der Waals surface area contributed by atoms with Crippen LogP contribution in [-0.4, -0.2) is 32.6 Å². The van der Waals surface area contributed by atoms with Crippen LogP contribution in [0.15, 0.2) is 42.5 Å². The lowest BCUT2D eigenvalue weighted by atomic mass is 10.1. The first-order chi connectivity index (χ1) is 12.4. The third-order valence-electron chi connectivity index (χ3n) is 4.45. The highest BCUT2D eigenvalue weighted by atomic mass is 16.7. The van der Waals surface area contributed by atoms with Gasteiger partial charge in [0.2, 0.25) is 6.79 Å². The Hall–Kier alpha value is -2.40. The molecule has 0 bridgehead atoms. The highest BCUT2D eigenvalue weighted by Gasteiger charge is 2.19. The predicted molar refractivity (Wildman–Crippen MR) is 94.7 cm³/mol. The van der Waals surface area contributed by atoms with E-state index in [1.807, 2.05) is 30.3 Å². The van der Waals surface area contributed by atoms with Crippen molar-refractivity contribution >= 4 is 0 Å². The van der Waals surface area contributed by atoms with Gasteiger partial charge < -0.3 is 24.3 Å². The summed E-state index contributed by atoms with van der Waals surface area (Å²) in [4.78, 5) is 0. The minimum absolute atomic E-state index is 0.0729. The zero-order chi connectivity index (χ0) is 16.9. The monoisotopic (exact) mass is 341 g/mol. The quantitative estimate of drug-likeness (QED) is 0.784. The number of hydrogen-bond acceptors (Lipinski definition) is 5. The summed E-state index contributed by atoms with van der Waals surface area (Å²) in [5.41, 5.74) is 1.30. The molecule has 132 valence electrons. The van der Waals surface area contributed by atoms with Crippen LogP contribution in [0.3, 0.4) is 0 Å². The second-order valence-corrected chi connectivity index (χ2v) is 6.35. The lowest BCUT2D eigenvalue weighted by Gasteiger charge is -2.26. The van der Waals surface area contributed by atoms with E-state index in [1.165, 1.54) is 5.56 Å². The molecule has 0 saturated heterocycles. The zero-order valence-corrected chi connectivity index (χ0v) is 14.2. The van der Waals surface area contributed by atoms with Crippen LogP contribution in [0.1, 0.15) is 18.4 Å². The summed E-state index contributed by atoms with van der Waals surface area (Å²) < 4.78 is 22.4. The Labute approximate surface area is 147 Å². The molecule has 1 atom stereocenters. The maximum atomic E-state index is 5.94. The largest absolute Gasteiger partial charge is 0.486 e. The van der Waals surface area contributed by atoms with Crippen molar-refractivity contribution in [1.82, 2.24) is 5.32 Å². The molecule has 4 rings (SSSR count). The molecule has 5 heteroatoms. The van der Waals surface area contributed by atoms with Gasteiger partial charge in [-0.1, -0.05) is 18.2 Å². The Kier molecular flexibility index (Phi) is 4.93. The summed E-state index contributed by atoms with van der Waals surface area (Å²) in [6.07, 6.45) is 3.38. The topological polar surface area (TPSA) is 49.0 Å². The van der Waals surface area contributed by atoms with Gasteiger partial charge in [0.05, 0.1) is 0 Å². The lowest BCUT2D eigenvalue weighted by Crippen LogP contribution is -2.38. The van der Waals surface area contributed by atoms with E-state index in [4.69, 9.17) is 18.9 Å². The van der Waals surface area contributed by atoms with E-state index in [1.54, 1.807) is 0 Å². The van der Waals surface area contributed by atoms with E-state index in [2.05, 4.69) is 17.4 Å². The minimum Gasteiger partial charge on any atom is -0.486 e. The fourth-order valence-corrected chi connectivity index (χ4v) is 3.10. The zero-order valence-electron chi connectivity index (χ0n) is 14.2. The van der Waals surface area contributed by atoms with E-state index < -0.39 is 0 Å². The molecule has 2 heterocycles. The average Bonchev–Trinajstić information content (AvgIpc) is 3.12. The molecular weight excluding hydrogens is 318 g/mol. The molecule has 0 aromatic heterocycles. The number of unbranched alkanes of at least 4 members (excludes halogenated alkanes) is 1. The van der Waals surface area contributed by atoms with Gasteiger partial charge in [0, 0.05) is 6.54 Å². The van der Waals surface area contributed by atoms with Gasteiger partial charge in [0.25, 0.3) is 0 Å². The van der Waals surface area contributed by atoms with Crippen molar-refractivity contribution in [2.75, 3.05) is 26.5 Å². The van der Waals surface area contributed by atoms with Gasteiger partial charge in [-0.15, -0.1) is 0 Å². The van der Waals surface area contributed by atoms with Crippen LogP contribution >= 0.6 is 0 Å². The van der Waals surface area contributed by atoms with Crippen molar-refractivity contribution in [3.63, 3.8) is 0 Å². The van der Waals surface area contributed by atoms with Gasteiger partial charge in [-0.2, -0.15) is 0 Å². The third-order valence-corrected chi connectivity index (χ3v) is 4.45. The normalized spacial score (nSPS) is 17.5. The Balaban J connectivity index is 1.13. The van der Waals surface area contributed by atoms with E-state index >= 15 is 0 Å². The Morgan fingerprint density at radius 3 is 2.68 bits per heavy atom. The molecule has 2 aliphatic heterocycles. The summed E-state index contributed by atoms with van der Waals surface area (Å²) in [7, 11) is 0. The molecule has 5 nitrogen and oxygen atoms in total. The fourth-order valence-electron chi connectivity index (χ4n) is 3.10. The smallest absolute Gasteiger partial charge is 0.231 e. The predicted octanol–water partition coefficient (Wildman–Crippen LogP) is 3.17. The molecule has 0 aliphatic carbocycles. The number of para-hydroxylation sites is 2. The first kappa shape index (κ1) is 16.1. The maximum Gasteiger partial charge on any atom is 0.231 e. The van der Waals surface area contributed by atoms with Crippen LogP contribution in [0.25, 0.3) is 0 Å².